The molecule has 0 aliphatic carbocycles. The molecule has 2 aromatic rings. The fraction of sp³-hybridized carbons (Fsp3) is 0.222. The van der Waals surface area contributed by atoms with E-state index in [1.54, 1.807) is 0 Å². The van der Waals surface area contributed by atoms with Crippen molar-refractivity contribution >= 4 is 36.9 Å². The Morgan fingerprint density at radius 2 is 1.65 bits per heavy atom. The molecule has 0 radical (unpaired) electrons. The summed E-state index contributed by atoms with van der Waals surface area (Å²) < 4.78 is 1.10. The zero-order valence-electron chi connectivity index (χ0n) is 13.1. The van der Waals surface area contributed by atoms with Gasteiger partial charge in [-0.1, -0.05) is 0 Å². The Bertz CT molecular complexity index is 714. The third-order valence-electron chi connectivity index (χ3n) is 3.60. The summed E-state index contributed by atoms with van der Waals surface area (Å²) in [6, 6.07) is 19.7. The third-order valence-corrected chi connectivity index (χ3v) is 13.0. The molecular weight excluding hydrogens is 418 g/mol. The van der Waals surface area contributed by atoms with Gasteiger partial charge in [-0.05, 0) is 0 Å². The van der Waals surface area contributed by atoms with Crippen LogP contribution in [0.1, 0.15) is 29.8 Å². The van der Waals surface area contributed by atoms with E-state index in [-0.39, 0.29) is 10.3 Å². The van der Waals surface area contributed by atoms with E-state index in [4.69, 9.17) is 0 Å². The predicted molar refractivity (Wildman–Crippen MR) is 95.8 cm³/mol. The van der Waals surface area contributed by atoms with E-state index in [0.29, 0.717) is 31.8 Å². The Morgan fingerprint density at radius 1 is 1.04 bits per heavy atom. The molecule has 1 aliphatic heterocycles. The van der Waals surface area contributed by atoms with Crippen LogP contribution in [0.15, 0.2) is 65.7 Å². The fourth-order valence-electron chi connectivity index (χ4n) is 2.29. The number of amidine groups is 1. The molecule has 3 nitrogen and oxygen atoms in total. The first-order valence-electron chi connectivity index (χ1n) is 7.41. The third kappa shape index (κ3) is 3.94. The Kier molecular flexibility index (Phi) is 5.03. The summed E-state index contributed by atoms with van der Waals surface area (Å²) in [5, 5.41) is 0. The van der Waals surface area contributed by atoms with Crippen LogP contribution in [0.3, 0.4) is 0 Å². The monoisotopic (exact) mass is 438 g/mol. The minimum atomic E-state index is -0.131. The van der Waals surface area contributed by atoms with Crippen LogP contribution in [0.25, 0.3) is 0 Å². The van der Waals surface area contributed by atoms with E-state index in [0.717, 1.165) is 11.3 Å². The molecule has 2 aromatic carbocycles. The molecule has 1 amide bonds. The van der Waals surface area contributed by atoms with Crippen molar-refractivity contribution in [3.8, 4) is 0 Å². The van der Waals surface area contributed by atoms with Gasteiger partial charge in [0, 0.05) is 0 Å². The van der Waals surface area contributed by atoms with Crippen molar-refractivity contribution in [2.45, 2.75) is 24.8 Å². The standard InChI is InChI=1S/C18H18N2OSe2/c1-18(2)20(13-14-9-5-3-6-10-14)17(22-23-18)19-16(21)15-11-7-4-8-12-15/h3-12H,13H2,1-2H3. The van der Waals surface area contributed by atoms with E-state index >= 15 is 0 Å². The number of carbonyl (C=O) groups is 1. The number of aliphatic imine (C=N–C) groups is 1. The molecular formula is C18H18N2OSe2. The molecule has 1 saturated heterocycles. The summed E-state index contributed by atoms with van der Waals surface area (Å²) in [7, 11) is 0. The number of nitrogens with zero attached hydrogens (tertiary/aromatic N) is 2. The molecule has 3 rings (SSSR count). The summed E-state index contributed by atoms with van der Waals surface area (Å²) in [5.74, 6) is -0.131. The number of amides is 1. The van der Waals surface area contributed by atoms with Crippen LogP contribution in [0.4, 0.5) is 0 Å². The van der Waals surface area contributed by atoms with Gasteiger partial charge in [-0.25, -0.2) is 0 Å². The molecule has 0 N–H and O–H groups in total. The zero-order chi connectivity index (χ0) is 16.3. The normalized spacial score (nSPS) is 18.3. The van der Waals surface area contributed by atoms with Crippen LogP contribution >= 0.6 is 0 Å². The number of carbonyl (C=O) groups excluding carboxylic acids is 1. The van der Waals surface area contributed by atoms with Crippen molar-refractivity contribution < 1.29 is 4.79 Å². The second kappa shape index (κ2) is 7.02. The van der Waals surface area contributed by atoms with Gasteiger partial charge in [0.05, 0.1) is 0 Å². The Morgan fingerprint density at radius 3 is 2.30 bits per heavy atom. The SMILES string of the molecule is CC1(C)[Se][Se]C(=NC(=O)c2ccccc2)N1Cc1ccccc1. The summed E-state index contributed by atoms with van der Waals surface area (Å²) in [4.78, 5) is 19.2. The summed E-state index contributed by atoms with van der Waals surface area (Å²) in [6.07, 6.45) is 0. The van der Waals surface area contributed by atoms with E-state index < -0.39 is 0 Å². The van der Waals surface area contributed by atoms with Crippen molar-refractivity contribution in [3.63, 3.8) is 0 Å². The van der Waals surface area contributed by atoms with Gasteiger partial charge in [0.15, 0.2) is 0 Å². The molecule has 0 spiro atoms. The number of hydrogen-bond donors (Lipinski definition) is 0. The molecule has 0 atom stereocenters. The Balaban J connectivity index is 1.85. The Hall–Kier alpha value is -1.38. The molecule has 1 aliphatic rings. The van der Waals surface area contributed by atoms with E-state index in [2.05, 4.69) is 48.0 Å². The molecule has 0 bridgehead atoms. The van der Waals surface area contributed by atoms with Crippen LogP contribution in [-0.4, -0.2) is 46.2 Å². The quantitative estimate of drug-likeness (QED) is 0.694. The molecule has 0 saturated carbocycles. The van der Waals surface area contributed by atoms with Crippen LogP contribution in [-0.2, 0) is 6.54 Å². The van der Waals surface area contributed by atoms with E-state index in [1.165, 1.54) is 5.56 Å². The molecule has 0 aromatic heterocycles. The van der Waals surface area contributed by atoms with Crippen LogP contribution in [0, 0.1) is 0 Å². The van der Waals surface area contributed by atoms with Crippen LogP contribution < -0.4 is 0 Å². The fourth-order valence-corrected chi connectivity index (χ4v) is 10.1. The van der Waals surface area contributed by atoms with Crippen molar-refractivity contribution in [2.75, 3.05) is 0 Å². The first-order valence-corrected chi connectivity index (χ1v) is 13.5. The topological polar surface area (TPSA) is 32.7 Å². The first kappa shape index (κ1) is 16.5. The molecule has 0 unspecified atom stereocenters. The number of hydrogen-bond acceptors (Lipinski definition) is 1. The first-order chi connectivity index (χ1) is 11.1. The van der Waals surface area contributed by atoms with Gasteiger partial charge < -0.3 is 0 Å². The van der Waals surface area contributed by atoms with E-state index in [1.807, 2.05) is 36.4 Å². The summed E-state index contributed by atoms with van der Waals surface area (Å²) in [6.45, 7) is 5.33. The van der Waals surface area contributed by atoms with Crippen LogP contribution in [0.5, 0.6) is 0 Å². The molecule has 1 fully saturated rings. The Labute approximate surface area is 148 Å². The van der Waals surface area contributed by atoms with Gasteiger partial charge in [-0.15, -0.1) is 0 Å². The van der Waals surface area contributed by atoms with Crippen molar-refractivity contribution in [1.29, 1.82) is 0 Å². The minimum absolute atomic E-state index is 0.110. The van der Waals surface area contributed by atoms with Gasteiger partial charge in [-0.2, -0.15) is 0 Å². The second-order valence-corrected chi connectivity index (χ2v) is 12.9. The average molecular weight is 436 g/mol. The second-order valence-electron chi connectivity index (χ2n) is 5.75. The van der Waals surface area contributed by atoms with Crippen molar-refractivity contribution in [2.24, 2.45) is 4.99 Å². The van der Waals surface area contributed by atoms with Crippen molar-refractivity contribution in [1.82, 2.24) is 4.90 Å². The summed E-state index contributed by atoms with van der Waals surface area (Å²) in [5.41, 5.74) is 1.92. The van der Waals surface area contributed by atoms with Gasteiger partial charge in [-0.3, -0.25) is 0 Å². The van der Waals surface area contributed by atoms with Gasteiger partial charge in [0.1, 0.15) is 0 Å². The zero-order valence-corrected chi connectivity index (χ0v) is 16.5. The van der Waals surface area contributed by atoms with Gasteiger partial charge in [0.2, 0.25) is 0 Å². The predicted octanol–water partition coefficient (Wildman–Crippen LogP) is 2.76. The molecule has 5 heteroatoms. The van der Waals surface area contributed by atoms with Gasteiger partial charge in [0.25, 0.3) is 0 Å². The molecule has 118 valence electrons. The van der Waals surface area contributed by atoms with Crippen molar-refractivity contribution in [3.05, 3.63) is 71.8 Å². The van der Waals surface area contributed by atoms with E-state index in [9.17, 15) is 4.79 Å². The number of benzene rings is 2. The average Bonchev–Trinajstić information content (AvgIpc) is 2.84. The van der Waals surface area contributed by atoms with Gasteiger partial charge >= 0.3 is 148 Å². The maximum atomic E-state index is 12.4. The molecule has 1 heterocycles. The number of rotatable bonds is 3. The van der Waals surface area contributed by atoms with Crippen LogP contribution in [0.2, 0.25) is 0 Å². The maximum absolute atomic E-state index is 12.4. The molecule has 23 heavy (non-hydrogen) atoms. The summed E-state index contributed by atoms with van der Waals surface area (Å²) >= 11 is 0.778.